The second-order valence-corrected chi connectivity index (χ2v) is 8.21. The van der Waals surface area contributed by atoms with Crippen molar-refractivity contribution in [2.75, 3.05) is 29.2 Å². The van der Waals surface area contributed by atoms with Crippen molar-refractivity contribution in [2.45, 2.75) is 0 Å². The summed E-state index contributed by atoms with van der Waals surface area (Å²) in [7, 11) is -3.72. The highest BCUT2D eigenvalue weighted by Crippen LogP contribution is 2.34. The molecule has 26 heavy (non-hydrogen) atoms. The molecule has 1 N–H and O–H groups in total. The van der Waals surface area contributed by atoms with E-state index in [2.05, 4.69) is 5.32 Å². The lowest BCUT2D eigenvalue weighted by molar-refractivity contribution is -0.114. The number of sulfonamides is 1. The minimum Gasteiger partial charge on any atom is -0.454 e. The fraction of sp³-hybridized carbons (Fsp3) is 0.188. The number of benzene rings is 2. The Labute approximate surface area is 160 Å². The normalized spacial score (nSPS) is 12.7. The molecule has 1 aliphatic heterocycles. The van der Waals surface area contributed by atoms with Gasteiger partial charge < -0.3 is 14.8 Å². The lowest BCUT2D eigenvalue weighted by Gasteiger charge is -2.22. The van der Waals surface area contributed by atoms with Crippen molar-refractivity contribution in [3.63, 3.8) is 0 Å². The van der Waals surface area contributed by atoms with Crippen LogP contribution in [-0.4, -0.2) is 33.9 Å². The van der Waals surface area contributed by atoms with E-state index in [1.165, 1.54) is 18.2 Å². The van der Waals surface area contributed by atoms with Crippen molar-refractivity contribution in [1.29, 1.82) is 0 Å². The van der Waals surface area contributed by atoms with Crippen molar-refractivity contribution in [3.8, 4) is 11.5 Å². The molecule has 3 rings (SSSR count). The molecule has 0 atom stereocenters. The second-order valence-electron chi connectivity index (χ2n) is 5.48. The molecule has 0 aromatic heterocycles. The van der Waals surface area contributed by atoms with E-state index in [4.69, 9.17) is 32.7 Å². The van der Waals surface area contributed by atoms with E-state index in [-0.39, 0.29) is 22.5 Å². The molecule has 7 nitrogen and oxygen atoms in total. The summed E-state index contributed by atoms with van der Waals surface area (Å²) in [4.78, 5) is 12.3. The van der Waals surface area contributed by atoms with Crippen molar-refractivity contribution in [3.05, 3.63) is 46.4 Å². The monoisotopic (exact) mass is 416 g/mol. The number of nitrogens with zero attached hydrogens (tertiary/aromatic N) is 1. The highest BCUT2D eigenvalue weighted by molar-refractivity contribution is 7.92. The van der Waals surface area contributed by atoms with E-state index in [9.17, 15) is 13.2 Å². The number of carbonyl (C=O) groups is 1. The first-order valence-electron chi connectivity index (χ1n) is 7.36. The molecule has 2 aromatic carbocycles. The lowest BCUT2D eigenvalue weighted by atomic mass is 10.2. The summed E-state index contributed by atoms with van der Waals surface area (Å²) in [6, 6.07) is 9.22. The number of ether oxygens (including phenoxy) is 2. The standard InChI is InChI=1S/C16H14Cl2N2O5S/c1-26(22,23)20(11-3-4-12(17)13(18)7-11)8-16(21)19-10-2-5-14-15(6-10)25-9-24-14/h2-7H,8-9H2,1H3,(H,19,21). The minimum absolute atomic E-state index is 0.117. The number of hydrogen-bond acceptors (Lipinski definition) is 5. The zero-order valence-electron chi connectivity index (χ0n) is 13.5. The predicted octanol–water partition coefficient (Wildman–Crippen LogP) is 3.13. The van der Waals surface area contributed by atoms with Crippen LogP contribution in [0.15, 0.2) is 36.4 Å². The number of carbonyl (C=O) groups excluding carboxylic acids is 1. The molecule has 138 valence electrons. The van der Waals surface area contributed by atoms with Gasteiger partial charge in [-0.2, -0.15) is 0 Å². The molecule has 0 fully saturated rings. The van der Waals surface area contributed by atoms with Crippen LogP contribution in [0.5, 0.6) is 11.5 Å². The van der Waals surface area contributed by atoms with Crippen LogP contribution in [0.3, 0.4) is 0 Å². The van der Waals surface area contributed by atoms with Gasteiger partial charge in [-0.15, -0.1) is 0 Å². The van der Waals surface area contributed by atoms with Gasteiger partial charge in [0, 0.05) is 11.8 Å². The fourth-order valence-corrected chi connectivity index (χ4v) is 3.49. The average Bonchev–Trinajstić information content (AvgIpc) is 3.02. The summed E-state index contributed by atoms with van der Waals surface area (Å²) < 4.78 is 35.6. The van der Waals surface area contributed by atoms with Crippen LogP contribution in [-0.2, 0) is 14.8 Å². The largest absolute Gasteiger partial charge is 0.454 e. The van der Waals surface area contributed by atoms with E-state index in [1.807, 2.05) is 0 Å². The third-order valence-corrected chi connectivity index (χ3v) is 5.41. The molecule has 0 saturated heterocycles. The van der Waals surface area contributed by atoms with E-state index < -0.39 is 22.5 Å². The molecule has 0 bridgehead atoms. The van der Waals surface area contributed by atoms with Gasteiger partial charge in [0.15, 0.2) is 11.5 Å². The topological polar surface area (TPSA) is 84.9 Å². The molecule has 10 heteroatoms. The first-order chi connectivity index (χ1) is 12.2. The fourth-order valence-electron chi connectivity index (χ4n) is 2.35. The van der Waals surface area contributed by atoms with Crippen LogP contribution in [0.25, 0.3) is 0 Å². The average molecular weight is 417 g/mol. The predicted molar refractivity (Wildman–Crippen MR) is 99.8 cm³/mol. The number of hydrogen-bond donors (Lipinski definition) is 1. The van der Waals surface area contributed by atoms with Gasteiger partial charge in [0.2, 0.25) is 22.7 Å². The third-order valence-electron chi connectivity index (χ3n) is 3.54. The van der Waals surface area contributed by atoms with E-state index >= 15 is 0 Å². The summed E-state index contributed by atoms with van der Waals surface area (Å²) >= 11 is 11.8. The highest BCUT2D eigenvalue weighted by atomic mass is 35.5. The van der Waals surface area contributed by atoms with E-state index in [0.29, 0.717) is 17.2 Å². The maximum Gasteiger partial charge on any atom is 0.245 e. The van der Waals surface area contributed by atoms with Crippen molar-refractivity contribution in [1.82, 2.24) is 0 Å². The Balaban J connectivity index is 1.78. The Morgan fingerprint density at radius 1 is 1.12 bits per heavy atom. The first-order valence-corrected chi connectivity index (χ1v) is 9.97. The van der Waals surface area contributed by atoms with Crippen molar-refractivity contribution >= 4 is 50.5 Å². The Bertz CT molecular complexity index is 965. The summed E-state index contributed by atoms with van der Waals surface area (Å²) in [6.45, 7) is -0.308. The Kier molecular flexibility index (Phi) is 5.17. The van der Waals surface area contributed by atoms with Crippen molar-refractivity contribution < 1.29 is 22.7 Å². The van der Waals surface area contributed by atoms with Gasteiger partial charge in [-0.05, 0) is 30.3 Å². The number of halogens is 2. The van der Waals surface area contributed by atoms with Crippen LogP contribution >= 0.6 is 23.2 Å². The number of rotatable bonds is 5. The highest BCUT2D eigenvalue weighted by Gasteiger charge is 2.22. The maximum atomic E-state index is 12.3. The van der Waals surface area contributed by atoms with Gasteiger partial charge in [-0.1, -0.05) is 23.2 Å². The second kappa shape index (κ2) is 7.22. The van der Waals surface area contributed by atoms with E-state index in [1.54, 1.807) is 18.2 Å². The molecule has 0 radical (unpaired) electrons. The summed E-state index contributed by atoms with van der Waals surface area (Å²) in [6.07, 6.45) is 1.00. The zero-order chi connectivity index (χ0) is 18.9. The molecule has 0 saturated carbocycles. The Hall–Kier alpha value is -2.16. The minimum atomic E-state index is -3.72. The number of nitrogens with one attached hydrogen (secondary N) is 1. The maximum absolute atomic E-state index is 12.3. The first kappa shape index (κ1) is 18.6. The quantitative estimate of drug-likeness (QED) is 0.808. The van der Waals surface area contributed by atoms with Crippen molar-refractivity contribution in [2.24, 2.45) is 0 Å². The molecule has 0 aliphatic carbocycles. The van der Waals surface area contributed by atoms with Crippen LogP contribution in [0.1, 0.15) is 0 Å². The Morgan fingerprint density at radius 3 is 2.54 bits per heavy atom. The SMILES string of the molecule is CS(=O)(=O)N(CC(=O)Nc1ccc2c(c1)OCO2)c1ccc(Cl)c(Cl)c1. The Morgan fingerprint density at radius 2 is 1.85 bits per heavy atom. The zero-order valence-corrected chi connectivity index (χ0v) is 15.9. The van der Waals surface area contributed by atoms with Gasteiger partial charge in [-0.25, -0.2) is 8.42 Å². The van der Waals surface area contributed by atoms with Gasteiger partial charge >= 0.3 is 0 Å². The summed E-state index contributed by atoms with van der Waals surface area (Å²) in [5.41, 5.74) is 0.699. The van der Waals surface area contributed by atoms with Gasteiger partial charge in [0.05, 0.1) is 22.0 Å². The summed E-state index contributed by atoms with van der Waals surface area (Å²) in [5.74, 6) is 0.559. The smallest absolute Gasteiger partial charge is 0.245 e. The molecule has 0 unspecified atom stereocenters. The van der Waals surface area contributed by atoms with Gasteiger partial charge in [0.1, 0.15) is 6.54 Å². The molecule has 1 heterocycles. The molecular formula is C16H14Cl2N2O5S. The molecule has 1 aliphatic rings. The van der Waals surface area contributed by atoms with Crippen LogP contribution in [0.2, 0.25) is 10.0 Å². The van der Waals surface area contributed by atoms with Crippen LogP contribution in [0, 0.1) is 0 Å². The van der Waals surface area contributed by atoms with Crippen LogP contribution in [0.4, 0.5) is 11.4 Å². The molecule has 2 aromatic rings. The number of amides is 1. The molecular weight excluding hydrogens is 403 g/mol. The third kappa shape index (κ3) is 4.14. The summed E-state index contributed by atoms with van der Waals surface area (Å²) in [5, 5.41) is 3.11. The van der Waals surface area contributed by atoms with Gasteiger partial charge in [-0.3, -0.25) is 9.10 Å². The lowest BCUT2D eigenvalue weighted by Crippen LogP contribution is -2.37. The van der Waals surface area contributed by atoms with Gasteiger partial charge in [0.25, 0.3) is 0 Å². The van der Waals surface area contributed by atoms with E-state index in [0.717, 1.165) is 10.6 Å². The molecule has 1 amide bonds. The number of fused-ring (bicyclic) bond motifs is 1. The number of anilines is 2. The molecule has 0 spiro atoms. The van der Waals surface area contributed by atoms with Crippen LogP contribution < -0.4 is 19.1 Å².